The van der Waals surface area contributed by atoms with Gasteiger partial charge in [0.25, 0.3) is 0 Å². The highest BCUT2D eigenvalue weighted by molar-refractivity contribution is 9.10. The summed E-state index contributed by atoms with van der Waals surface area (Å²) in [6.45, 7) is 5.22. The minimum atomic E-state index is -1.12. The summed E-state index contributed by atoms with van der Waals surface area (Å²) in [6, 6.07) is 8.30. The number of aliphatic hydroxyl groups is 1. The van der Waals surface area contributed by atoms with Gasteiger partial charge >= 0.3 is 0 Å². The standard InChI is InChI=1S/C24H22BrClFN5O/c1-4-18(22-17(27)6-8-20(25)32-22)31-21-15-9-13(5-7-19(15)28-12-16(21)26)14-10-29-23(30-11-14)24(2,3)33/h5-12,18,33H,4H2,1-3H3,(H,28,31). The second-order valence-corrected chi connectivity index (χ2v) is 9.39. The number of benzene rings is 1. The molecule has 0 saturated heterocycles. The number of anilines is 1. The number of rotatable bonds is 6. The number of halogens is 3. The summed E-state index contributed by atoms with van der Waals surface area (Å²) in [4.78, 5) is 17.3. The van der Waals surface area contributed by atoms with Gasteiger partial charge in [-0.1, -0.05) is 24.6 Å². The van der Waals surface area contributed by atoms with Gasteiger partial charge in [-0.25, -0.2) is 19.3 Å². The van der Waals surface area contributed by atoms with Gasteiger partial charge in [-0.3, -0.25) is 4.98 Å². The number of nitrogens with zero attached hydrogens (tertiary/aromatic N) is 4. The molecule has 0 amide bonds. The van der Waals surface area contributed by atoms with Gasteiger partial charge in [0.2, 0.25) is 0 Å². The fraction of sp³-hybridized carbons (Fsp3) is 0.250. The molecular formula is C24H22BrClFN5O. The van der Waals surface area contributed by atoms with E-state index >= 15 is 0 Å². The molecule has 2 N–H and O–H groups in total. The average molecular weight is 531 g/mol. The molecule has 9 heteroatoms. The molecule has 3 aromatic heterocycles. The summed E-state index contributed by atoms with van der Waals surface area (Å²) >= 11 is 9.85. The Hall–Kier alpha value is -2.68. The minimum Gasteiger partial charge on any atom is -0.382 e. The molecule has 6 nitrogen and oxygen atoms in total. The molecule has 1 atom stereocenters. The monoisotopic (exact) mass is 529 g/mol. The van der Waals surface area contributed by atoms with E-state index in [4.69, 9.17) is 11.6 Å². The molecule has 0 fully saturated rings. The first-order valence-electron chi connectivity index (χ1n) is 10.4. The van der Waals surface area contributed by atoms with Gasteiger partial charge in [-0.15, -0.1) is 0 Å². The highest BCUT2D eigenvalue weighted by Crippen LogP contribution is 2.36. The lowest BCUT2D eigenvalue weighted by molar-refractivity contribution is 0.0687. The van der Waals surface area contributed by atoms with Gasteiger partial charge < -0.3 is 10.4 Å². The van der Waals surface area contributed by atoms with Crippen molar-refractivity contribution in [2.45, 2.75) is 38.8 Å². The van der Waals surface area contributed by atoms with Crippen molar-refractivity contribution in [3.05, 3.63) is 75.9 Å². The van der Waals surface area contributed by atoms with Crippen LogP contribution >= 0.6 is 27.5 Å². The second-order valence-electron chi connectivity index (χ2n) is 8.17. The zero-order chi connectivity index (χ0) is 23.8. The van der Waals surface area contributed by atoms with E-state index in [9.17, 15) is 9.50 Å². The van der Waals surface area contributed by atoms with Crippen molar-refractivity contribution in [1.29, 1.82) is 0 Å². The highest BCUT2D eigenvalue weighted by Gasteiger charge is 2.21. The molecule has 0 radical (unpaired) electrons. The maximum absolute atomic E-state index is 14.5. The lowest BCUT2D eigenvalue weighted by Gasteiger charge is -2.21. The van der Waals surface area contributed by atoms with E-state index in [0.717, 1.165) is 22.0 Å². The van der Waals surface area contributed by atoms with Crippen LogP contribution in [0, 0.1) is 5.82 Å². The van der Waals surface area contributed by atoms with Crippen molar-refractivity contribution in [2.75, 3.05) is 5.32 Å². The Balaban J connectivity index is 1.77. The van der Waals surface area contributed by atoms with Crippen molar-refractivity contribution < 1.29 is 9.50 Å². The van der Waals surface area contributed by atoms with E-state index in [2.05, 4.69) is 41.2 Å². The van der Waals surface area contributed by atoms with E-state index in [0.29, 0.717) is 33.3 Å². The van der Waals surface area contributed by atoms with Crippen LogP contribution in [0.4, 0.5) is 10.1 Å². The number of aromatic nitrogens is 4. The zero-order valence-electron chi connectivity index (χ0n) is 18.3. The maximum Gasteiger partial charge on any atom is 0.159 e. The van der Waals surface area contributed by atoms with Gasteiger partial charge in [-0.05, 0) is 66.0 Å². The summed E-state index contributed by atoms with van der Waals surface area (Å²) < 4.78 is 15.1. The van der Waals surface area contributed by atoms with Crippen molar-refractivity contribution in [1.82, 2.24) is 19.9 Å². The molecule has 1 aromatic carbocycles. The third kappa shape index (κ3) is 4.98. The van der Waals surface area contributed by atoms with E-state index in [1.807, 2.05) is 25.1 Å². The largest absolute Gasteiger partial charge is 0.382 e. The SMILES string of the molecule is CCC(Nc1c(Cl)cnc2ccc(-c3cnc(C(C)(C)O)nc3)cc12)c1nc(Br)ccc1F. The molecule has 4 rings (SSSR count). The van der Waals surface area contributed by atoms with E-state index in [1.54, 1.807) is 38.5 Å². The zero-order valence-corrected chi connectivity index (χ0v) is 20.6. The number of hydrogen-bond acceptors (Lipinski definition) is 6. The molecule has 170 valence electrons. The fourth-order valence-electron chi connectivity index (χ4n) is 3.50. The van der Waals surface area contributed by atoms with Gasteiger partial charge in [0.1, 0.15) is 16.0 Å². The predicted octanol–water partition coefficient (Wildman–Crippen LogP) is 6.43. The molecule has 1 unspecified atom stereocenters. The molecule has 0 spiro atoms. The molecule has 3 heterocycles. The van der Waals surface area contributed by atoms with Gasteiger partial charge in [0.05, 0.1) is 28.0 Å². The molecule has 0 saturated carbocycles. The summed E-state index contributed by atoms with van der Waals surface area (Å²) in [5, 5.41) is 14.7. The van der Waals surface area contributed by atoms with E-state index in [1.165, 1.54) is 6.07 Å². The Labute approximate surface area is 204 Å². The quantitative estimate of drug-likeness (QED) is 0.279. The number of nitrogens with one attached hydrogen (secondary N) is 1. The molecular weight excluding hydrogens is 509 g/mol. The van der Waals surface area contributed by atoms with Crippen molar-refractivity contribution in [3.8, 4) is 11.1 Å². The predicted molar refractivity (Wildman–Crippen MR) is 132 cm³/mol. The lowest BCUT2D eigenvalue weighted by atomic mass is 10.0. The first kappa shape index (κ1) is 23.5. The van der Waals surface area contributed by atoms with Gasteiger partial charge in [0.15, 0.2) is 5.82 Å². The number of hydrogen-bond donors (Lipinski definition) is 2. The summed E-state index contributed by atoms with van der Waals surface area (Å²) in [5.41, 5.74) is 2.20. The Morgan fingerprint density at radius 2 is 1.82 bits per heavy atom. The highest BCUT2D eigenvalue weighted by atomic mass is 79.9. The molecule has 0 aliphatic heterocycles. The van der Waals surface area contributed by atoms with Crippen molar-refractivity contribution in [3.63, 3.8) is 0 Å². The Morgan fingerprint density at radius 3 is 2.48 bits per heavy atom. The minimum absolute atomic E-state index is 0.305. The second kappa shape index (κ2) is 9.29. The van der Waals surface area contributed by atoms with Crippen LogP contribution in [-0.4, -0.2) is 25.0 Å². The lowest BCUT2D eigenvalue weighted by Crippen LogP contribution is -2.19. The van der Waals surface area contributed by atoms with Crippen LogP contribution < -0.4 is 5.32 Å². The third-order valence-electron chi connectivity index (χ3n) is 5.25. The van der Waals surface area contributed by atoms with Crippen molar-refractivity contribution >= 4 is 44.1 Å². The number of pyridine rings is 2. The van der Waals surface area contributed by atoms with Gasteiger partial charge in [-0.2, -0.15) is 0 Å². The fourth-order valence-corrected chi connectivity index (χ4v) is 4.03. The van der Waals surface area contributed by atoms with E-state index in [-0.39, 0.29) is 0 Å². The molecule has 0 bridgehead atoms. The van der Waals surface area contributed by atoms with Crippen LogP contribution in [0.2, 0.25) is 5.02 Å². The molecule has 0 aliphatic carbocycles. The normalized spacial score (nSPS) is 12.7. The summed E-state index contributed by atoms with van der Waals surface area (Å²) in [7, 11) is 0. The van der Waals surface area contributed by atoms with Crippen LogP contribution in [0.5, 0.6) is 0 Å². The summed E-state index contributed by atoms with van der Waals surface area (Å²) in [6.07, 6.45) is 5.50. The first-order valence-corrected chi connectivity index (χ1v) is 11.6. The smallest absolute Gasteiger partial charge is 0.159 e. The molecule has 33 heavy (non-hydrogen) atoms. The Morgan fingerprint density at radius 1 is 1.09 bits per heavy atom. The van der Waals surface area contributed by atoms with E-state index < -0.39 is 17.5 Å². The van der Waals surface area contributed by atoms with Crippen molar-refractivity contribution in [2.24, 2.45) is 0 Å². The molecule has 0 aliphatic rings. The van der Waals surface area contributed by atoms with Crippen LogP contribution in [-0.2, 0) is 5.60 Å². The van der Waals surface area contributed by atoms with Crippen LogP contribution in [0.3, 0.4) is 0 Å². The average Bonchev–Trinajstić information content (AvgIpc) is 2.79. The first-order chi connectivity index (χ1) is 15.7. The topological polar surface area (TPSA) is 83.8 Å². The Bertz CT molecular complexity index is 1310. The summed E-state index contributed by atoms with van der Waals surface area (Å²) in [5.74, 6) is -0.0507. The van der Waals surface area contributed by atoms with Gasteiger partial charge in [0, 0.05) is 29.5 Å². The van der Waals surface area contributed by atoms with Crippen LogP contribution in [0.25, 0.3) is 22.0 Å². The Kier molecular flexibility index (Phi) is 6.61. The number of fused-ring (bicyclic) bond motifs is 1. The maximum atomic E-state index is 14.5. The van der Waals surface area contributed by atoms with Crippen LogP contribution in [0.15, 0.2) is 53.5 Å². The van der Waals surface area contributed by atoms with Crippen LogP contribution in [0.1, 0.15) is 44.8 Å². The third-order valence-corrected chi connectivity index (χ3v) is 5.98. The molecule has 4 aromatic rings.